The predicted molar refractivity (Wildman–Crippen MR) is 79.3 cm³/mol. The summed E-state index contributed by atoms with van der Waals surface area (Å²) in [7, 11) is 1.65. The number of unbranched alkanes of at least 4 members (excludes halogenated alkanes) is 1. The van der Waals surface area contributed by atoms with Gasteiger partial charge in [-0.2, -0.15) is 0 Å². The summed E-state index contributed by atoms with van der Waals surface area (Å²) < 4.78 is 10.3. The summed E-state index contributed by atoms with van der Waals surface area (Å²) in [4.78, 5) is 10.9. The monoisotopic (exact) mass is 303 g/mol. The SMILES string of the molecule is COCCOCCCCNCC1(O)CCC(C(=O)O)CC1. The van der Waals surface area contributed by atoms with Crippen molar-refractivity contribution < 1.29 is 24.5 Å². The van der Waals surface area contributed by atoms with Crippen LogP contribution in [0, 0.1) is 5.92 Å². The summed E-state index contributed by atoms with van der Waals surface area (Å²) in [5.41, 5.74) is -0.735. The van der Waals surface area contributed by atoms with Gasteiger partial charge in [0.15, 0.2) is 0 Å². The average Bonchev–Trinajstić information content (AvgIpc) is 2.46. The molecule has 0 saturated heterocycles. The summed E-state index contributed by atoms with van der Waals surface area (Å²) in [6.45, 7) is 3.38. The molecule has 0 aromatic heterocycles. The Morgan fingerprint density at radius 3 is 2.57 bits per heavy atom. The lowest BCUT2D eigenvalue weighted by molar-refractivity contribution is -0.144. The van der Waals surface area contributed by atoms with Gasteiger partial charge in [-0.3, -0.25) is 4.79 Å². The van der Waals surface area contributed by atoms with Crippen LogP contribution in [0.25, 0.3) is 0 Å². The molecule has 1 aliphatic rings. The lowest BCUT2D eigenvalue weighted by atomic mass is 9.79. The van der Waals surface area contributed by atoms with Crippen LogP contribution >= 0.6 is 0 Å². The molecule has 1 aliphatic carbocycles. The zero-order valence-electron chi connectivity index (χ0n) is 13.0. The molecule has 1 rings (SSSR count). The highest BCUT2D eigenvalue weighted by molar-refractivity contribution is 5.70. The Bertz CT molecular complexity index is 290. The fourth-order valence-electron chi connectivity index (χ4n) is 2.60. The normalized spacial score (nSPS) is 25.9. The molecule has 0 aliphatic heterocycles. The maximum Gasteiger partial charge on any atom is 0.306 e. The molecule has 0 aromatic carbocycles. The van der Waals surface area contributed by atoms with Gasteiger partial charge in [-0.05, 0) is 45.1 Å². The molecule has 0 atom stereocenters. The molecule has 0 heterocycles. The van der Waals surface area contributed by atoms with Gasteiger partial charge in [0.05, 0.1) is 24.7 Å². The summed E-state index contributed by atoms with van der Waals surface area (Å²) in [5, 5.41) is 22.6. The molecule has 0 unspecified atom stereocenters. The largest absolute Gasteiger partial charge is 0.481 e. The molecule has 6 nitrogen and oxygen atoms in total. The Balaban J connectivity index is 1.99. The van der Waals surface area contributed by atoms with Crippen LogP contribution in [0.3, 0.4) is 0 Å². The van der Waals surface area contributed by atoms with E-state index in [0.717, 1.165) is 26.0 Å². The van der Waals surface area contributed by atoms with Gasteiger partial charge in [0, 0.05) is 20.3 Å². The fraction of sp³-hybridized carbons (Fsp3) is 0.933. The van der Waals surface area contributed by atoms with Crippen LogP contribution in [0.5, 0.6) is 0 Å². The van der Waals surface area contributed by atoms with Crippen molar-refractivity contribution in [1.82, 2.24) is 5.32 Å². The van der Waals surface area contributed by atoms with Crippen molar-refractivity contribution in [2.45, 2.75) is 44.1 Å². The highest BCUT2D eigenvalue weighted by Crippen LogP contribution is 2.31. The summed E-state index contributed by atoms with van der Waals surface area (Å²) in [6.07, 6.45) is 4.26. The Hall–Kier alpha value is -0.690. The van der Waals surface area contributed by atoms with Crippen molar-refractivity contribution in [1.29, 1.82) is 0 Å². The third-order valence-electron chi connectivity index (χ3n) is 4.04. The number of hydrogen-bond acceptors (Lipinski definition) is 5. The minimum atomic E-state index is -0.738. The number of aliphatic hydroxyl groups is 1. The van der Waals surface area contributed by atoms with Crippen LogP contribution in [0.1, 0.15) is 38.5 Å². The van der Waals surface area contributed by atoms with Gasteiger partial charge in [0.1, 0.15) is 0 Å². The molecule has 0 amide bonds. The van der Waals surface area contributed by atoms with Gasteiger partial charge >= 0.3 is 5.97 Å². The second-order valence-corrected chi connectivity index (χ2v) is 5.83. The molecule has 124 valence electrons. The van der Waals surface area contributed by atoms with Gasteiger partial charge in [-0.25, -0.2) is 0 Å². The van der Waals surface area contributed by atoms with E-state index in [-0.39, 0.29) is 5.92 Å². The van der Waals surface area contributed by atoms with E-state index in [2.05, 4.69) is 5.32 Å². The van der Waals surface area contributed by atoms with Crippen LogP contribution < -0.4 is 5.32 Å². The number of nitrogens with one attached hydrogen (secondary N) is 1. The Morgan fingerprint density at radius 1 is 1.24 bits per heavy atom. The molecule has 0 bridgehead atoms. The smallest absolute Gasteiger partial charge is 0.306 e. The summed E-state index contributed by atoms with van der Waals surface area (Å²) in [5.74, 6) is -1.02. The number of rotatable bonds is 11. The van der Waals surface area contributed by atoms with Crippen LogP contribution in [0.2, 0.25) is 0 Å². The van der Waals surface area contributed by atoms with Crippen molar-refractivity contribution in [2.24, 2.45) is 5.92 Å². The van der Waals surface area contributed by atoms with E-state index in [9.17, 15) is 9.90 Å². The molecular formula is C15H29NO5. The van der Waals surface area contributed by atoms with Crippen LogP contribution in [0.4, 0.5) is 0 Å². The third kappa shape index (κ3) is 7.76. The molecule has 0 radical (unpaired) electrons. The maximum absolute atomic E-state index is 10.9. The topological polar surface area (TPSA) is 88.0 Å². The number of carbonyl (C=O) groups is 1. The van der Waals surface area contributed by atoms with E-state index in [0.29, 0.717) is 45.4 Å². The Labute approximate surface area is 126 Å². The molecular weight excluding hydrogens is 274 g/mol. The van der Waals surface area contributed by atoms with Gasteiger partial charge in [0.2, 0.25) is 0 Å². The standard InChI is InChI=1S/C15H29NO5/c1-20-10-11-21-9-3-2-8-16-12-15(19)6-4-13(5-7-15)14(17)18/h13,16,19H,2-12H2,1H3,(H,17,18). The first-order valence-electron chi connectivity index (χ1n) is 7.80. The first-order valence-corrected chi connectivity index (χ1v) is 7.80. The van der Waals surface area contributed by atoms with Crippen LogP contribution in [-0.2, 0) is 14.3 Å². The molecule has 3 N–H and O–H groups in total. The molecule has 21 heavy (non-hydrogen) atoms. The third-order valence-corrected chi connectivity index (χ3v) is 4.04. The highest BCUT2D eigenvalue weighted by Gasteiger charge is 2.35. The predicted octanol–water partition coefficient (Wildman–Crippen LogP) is 1.03. The van der Waals surface area contributed by atoms with Gasteiger partial charge in [-0.1, -0.05) is 0 Å². The quantitative estimate of drug-likeness (QED) is 0.494. The lowest BCUT2D eigenvalue weighted by Crippen LogP contribution is -2.44. The van der Waals surface area contributed by atoms with E-state index in [4.69, 9.17) is 14.6 Å². The van der Waals surface area contributed by atoms with Gasteiger partial charge in [0.25, 0.3) is 0 Å². The van der Waals surface area contributed by atoms with Crippen LogP contribution in [0.15, 0.2) is 0 Å². The van der Waals surface area contributed by atoms with Crippen LogP contribution in [-0.4, -0.2) is 61.8 Å². The first kappa shape index (κ1) is 18.4. The maximum atomic E-state index is 10.9. The Kier molecular flexibility index (Phi) is 8.84. The van der Waals surface area contributed by atoms with E-state index in [1.54, 1.807) is 7.11 Å². The molecule has 0 spiro atoms. The number of aliphatic carboxylic acids is 1. The Morgan fingerprint density at radius 2 is 1.95 bits per heavy atom. The van der Waals surface area contributed by atoms with Crippen molar-refractivity contribution in [2.75, 3.05) is 40.0 Å². The van der Waals surface area contributed by atoms with E-state index in [1.165, 1.54) is 0 Å². The molecule has 1 fully saturated rings. The zero-order chi connectivity index (χ0) is 15.6. The molecule has 1 saturated carbocycles. The average molecular weight is 303 g/mol. The van der Waals surface area contributed by atoms with E-state index in [1.807, 2.05) is 0 Å². The zero-order valence-corrected chi connectivity index (χ0v) is 13.0. The minimum absolute atomic E-state index is 0.283. The van der Waals surface area contributed by atoms with Crippen molar-refractivity contribution in [3.05, 3.63) is 0 Å². The number of carboxylic acid groups (broad SMARTS) is 1. The van der Waals surface area contributed by atoms with E-state index >= 15 is 0 Å². The number of methoxy groups -OCH3 is 1. The second kappa shape index (κ2) is 10.1. The van der Waals surface area contributed by atoms with Crippen molar-refractivity contribution in [3.63, 3.8) is 0 Å². The fourth-order valence-corrected chi connectivity index (χ4v) is 2.60. The minimum Gasteiger partial charge on any atom is -0.481 e. The second-order valence-electron chi connectivity index (χ2n) is 5.83. The van der Waals surface area contributed by atoms with Crippen molar-refractivity contribution in [3.8, 4) is 0 Å². The first-order chi connectivity index (χ1) is 10.1. The number of hydrogen-bond donors (Lipinski definition) is 3. The van der Waals surface area contributed by atoms with Gasteiger partial charge in [-0.15, -0.1) is 0 Å². The highest BCUT2D eigenvalue weighted by atomic mass is 16.5. The summed E-state index contributed by atoms with van der Waals surface area (Å²) in [6, 6.07) is 0. The van der Waals surface area contributed by atoms with E-state index < -0.39 is 11.6 Å². The van der Waals surface area contributed by atoms with Gasteiger partial charge < -0.3 is 25.0 Å². The number of ether oxygens (including phenoxy) is 2. The lowest BCUT2D eigenvalue weighted by Gasteiger charge is -2.34. The van der Waals surface area contributed by atoms with Crippen molar-refractivity contribution >= 4 is 5.97 Å². The number of carboxylic acids is 1. The molecule has 6 heteroatoms. The molecule has 0 aromatic rings. The summed E-state index contributed by atoms with van der Waals surface area (Å²) >= 11 is 0.